The van der Waals surface area contributed by atoms with Gasteiger partial charge in [0.1, 0.15) is 0 Å². The van der Waals surface area contributed by atoms with Crippen LogP contribution in [0, 0.1) is 18.3 Å². The predicted octanol–water partition coefficient (Wildman–Crippen LogP) is 4.29. The normalized spacial score (nSPS) is 9.89. The maximum Gasteiger partial charge on any atom is 0.0992 e. The second kappa shape index (κ2) is 5.12. The number of anilines is 2. The topological polar surface area (TPSA) is 27.0 Å². The third-order valence-corrected chi connectivity index (χ3v) is 3.16. The highest BCUT2D eigenvalue weighted by atomic mass is 35.5. The van der Waals surface area contributed by atoms with Crippen molar-refractivity contribution >= 4 is 23.0 Å². The molecule has 0 unspecified atom stereocenters. The third kappa shape index (κ3) is 2.47. The second-order valence-electron chi connectivity index (χ2n) is 4.17. The summed E-state index contributed by atoms with van der Waals surface area (Å²) in [6.07, 6.45) is 0. The van der Waals surface area contributed by atoms with Crippen molar-refractivity contribution in [1.82, 2.24) is 0 Å². The van der Waals surface area contributed by atoms with E-state index in [0.717, 1.165) is 11.4 Å². The van der Waals surface area contributed by atoms with E-state index in [-0.39, 0.29) is 0 Å². The molecule has 0 aliphatic rings. The van der Waals surface area contributed by atoms with Gasteiger partial charge in [-0.05, 0) is 37.3 Å². The molecule has 0 aliphatic heterocycles. The van der Waals surface area contributed by atoms with E-state index < -0.39 is 0 Å². The number of hydrogen-bond acceptors (Lipinski definition) is 2. The summed E-state index contributed by atoms with van der Waals surface area (Å²) in [6, 6.07) is 15.6. The fourth-order valence-corrected chi connectivity index (χ4v) is 2.06. The smallest absolute Gasteiger partial charge is 0.0992 e. The molecule has 0 bridgehead atoms. The standard InChI is InChI=1S/C15H13ClN2/c1-11-3-6-13(7-4-11)18(2)15-8-5-12(10-17)9-14(15)16/h3-9H,1-2H3. The molecular weight excluding hydrogens is 244 g/mol. The number of nitriles is 1. The molecule has 0 atom stereocenters. The zero-order chi connectivity index (χ0) is 13.1. The first-order valence-electron chi connectivity index (χ1n) is 5.62. The van der Waals surface area contributed by atoms with Crippen LogP contribution in [0.1, 0.15) is 11.1 Å². The van der Waals surface area contributed by atoms with E-state index in [2.05, 4.69) is 25.1 Å². The highest BCUT2D eigenvalue weighted by molar-refractivity contribution is 6.33. The Morgan fingerprint density at radius 3 is 2.33 bits per heavy atom. The Bertz CT molecular complexity index is 597. The Kier molecular flexibility index (Phi) is 3.55. The highest BCUT2D eigenvalue weighted by Crippen LogP contribution is 2.31. The number of nitrogens with zero attached hydrogens (tertiary/aromatic N) is 2. The quantitative estimate of drug-likeness (QED) is 0.802. The lowest BCUT2D eigenvalue weighted by Crippen LogP contribution is -2.09. The van der Waals surface area contributed by atoms with Gasteiger partial charge in [-0.2, -0.15) is 5.26 Å². The van der Waals surface area contributed by atoms with E-state index in [4.69, 9.17) is 16.9 Å². The summed E-state index contributed by atoms with van der Waals surface area (Å²) in [5, 5.41) is 9.40. The maximum absolute atomic E-state index is 8.82. The largest absolute Gasteiger partial charge is 0.343 e. The minimum absolute atomic E-state index is 0.570. The third-order valence-electron chi connectivity index (χ3n) is 2.86. The van der Waals surface area contributed by atoms with E-state index in [1.165, 1.54) is 5.56 Å². The van der Waals surface area contributed by atoms with Crippen LogP contribution in [0.5, 0.6) is 0 Å². The summed E-state index contributed by atoms with van der Waals surface area (Å²) in [6.45, 7) is 2.05. The lowest BCUT2D eigenvalue weighted by Gasteiger charge is -2.21. The summed E-state index contributed by atoms with van der Waals surface area (Å²) >= 11 is 6.19. The van der Waals surface area contributed by atoms with Crippen LogP contribution in [0.3, 0.4) is 0 Å². The van der Waals surface area contributed by atoms with E-state index in [1.807, 2.05) is 30.1 Å². The van der Waals surface area contributed by atoms with Gasteiger partial charge < -0.3 is 4.90 Å². The molecular formula is C15H13ClN2. The molecule has 90 valence electrons. The van der Waals surface area contributed by atoms with Crippen LogP contribution >= 0.6 is 11.6 Å². The van der Waals surface area contributed by atoms with Gasteiger partial charge in [0.05, 0.1) is 22.3 Å². The SMILES string of the molecule is Cc1ccc(N(C)c2ccc(C#N)cc2Cl)cc1. The molecule has 0 amide bonds. The first-order chi connectivity index (χ1) is 8.61. The summed E-state index contributed by atoms with van der Waals surface area (Å²) in [5.74, 6) is 0. The van der Waals surface area contributed by atoms with Gasteiger partial charge in [0.2, 0.25) is 0 Å². The molecule has 0 aromatic heterocycles. The summed E-state index contributed by atoms with van der Waals surface area (Å²) in [7, 11) is 1.96. The molecule has 18 heavy (non-hydrogen) atoms. The van der Waals surface area contributed by atoms with Crippen LogP contribution in [0.2, 0.25) is 5.02 Å². The number of rotatable bonds is 2. The van der Waals surface area contributed by atoms with Gasteiger partial charge >= 0.3 is 0 Å². The molecule has 0 saturated carbocycles. The van der Waals surface area contributed by atoms with Gasteiger partial charge in [-0.25, -0.2) is 0 Å². The Hall–Kier alpha value is -1.98. The molecule has 2 aromatic rings. The Morgan fingerprint density at radius 1 is 1.11 bits per heavy atom. The van der Waals surface area contributed by atoms with E-state index in [1.54, 1.807) is 12.1 Å². The fraction of sp³-hybridized carbons (Fsp3) is 0.133. The fourth-order valence-electron chi connectivity index (χ4n) is 1.76. The summed E-state index contributed by atoms with van der Waals surface area (Å²) in [5.41, 5.74) is 3.74. The first-order valence-corrected chi connectivity index (χ1v) is 5.99. The van der Waals surface area contributed by atoms with Crippen molar-refractivity contribution in [2.75, 3.05) is 11.9 Å². The first kappa shape index (κ1) is 12.5. The van der Waals surface area contributed by atoms with Crippen LogP contribution in [0.4, 0.5) is 11.4 Å². The molecule has 0 aliphatic carbocycles. The average molecular weight is 257 g/mol. The van der Waals surface area contributed by atoms with E-state index >= 15 is 0 Å². The molecule has 0 radical (unpaired) electrons. The number of hydrogen-bond donors (Lipinski definition) is 0. The van der Waals surface area contributed by atoms with Crippen molar-refractivity contribution in [2.45, 2.75) is 6.92 Å². The summed E-state index contributed by atoms with van der Waals surface area (Å²) in [4.78, 5) is 2.00. The van der Waals surface area contributed by atoms with Crippen molar-refractivity contribution in [1.29, 1.82) is 5.26 Å². The van der Waals surface area contributed by atoms with Gasteiger partial charge in [-0.15, -0.1) is 0 Å². The van der Waals surface area contributed by atoms with E-state index in [9.17, 15) is 0 Å². The predicted molar refractivity (Wildman–Crippen MR) is 75.4 cm³/mol. The van der Waals surface area contributed by atoms with Gasteiger partial charge in [0.15, 0.2) is 0 Å². The van der Waals surface area contributed by atoms with Gasteiger partial charge in [-0.1, -0.05) is 29.3 Å². The van der Waals surface area contributed by atoms with Crippen molar-refractivity contribution in [3.63, 3.8) is 0 Å². The minimum atomic E-state index is 0.570. The minimum Gasteiger partial charge on any atom is -0.343 e. The second-order valence-corrected chi connectivity index (χ2v) is 4.58. The lowest BCUT2D eigenvalue weighted by molar-refractivity contribution is 1.20. The monoisotopic (exact) mass is 256 g/mol. The maximum atomic E-state index is 8.82. The van der Waals surface area contributed by atoms with Gasteiger partial charge in [0.25, 0.3) is 0 Å². The molecule has 0 fully saturated rings. The van der Waals surface area contributed by atoms with Crippen LogP contribution in [0.25, 0.3) is 0 Å². The van der Waals surface area contributed by atoms with E-state index in [0.29, 0.717) is 10.6 Å². The van der Waals surface area contributed by atoms with Crippen molar-refractivity contribution in [3.05, 3.63) is 58.6 Å². The number of benzene rings is 2. The van der Waals surface area contributed by atoms with Crippen LogP contribution < -0.4 is 4.90 Å². The van der Waals surface area contributed by atoms with Crippen LogP contribution in [0.15, 0.2) is 42.5 Å². The molecule has 2 aromatic carbocycles. The average Bonchev–Trinajstić information content (AvgIpc) is 2.38. The van der Waals surface area contributed by atoms with Crippen molar-refractivity contribution < 1.29 is 0 Å². The molecule has 2 rings (SSSR count). The van der Waals surface area contributed by atoms with Crippen molar-refractivity contribution in [3.8, 4) is 6.07 Å². The van der Waals surface area contributed by atoms with Crippen LogP contribution in [-0.2, 0) is 0 Å². The number of halogens is 1. The zero-order valence-electron chi connectivity index (χ0n) is 10.3. The van der Waals surface area contributed by atoms with Gasteiger partial charge in [0, 0.05) is 12.7 Å². The molecule has 3 heteroatoms. The molecule has 0 spiro atoms. The molecule has 2 nitrogen and oxygen atoms in total. The lowest BCUT2D eigenvalue weighted by atomic mass is 10.2. The molecule has 0 heterocycles. The number of aryl methyl sites for hydroxylation is 1. The molecule has 0 saturated heterocycles. The van der Waals surface area contributed by atoms with Crippen LogP contribution in [-0.4, -0.2) is 7.05 Å². The van der Waals surface area contributed by atoms with Gasteiger partial charge in [-0.3, -0.25) is 0 Å². The van der Waals surface area contributed by atoms with Crippen molar-refractivity contribution in [2.24, 2.45) is 0 Å². The Balaban J connectivity index is 2.37. The Labute approximate surface area is 112 Å². The Morgan fingerprint density at radius 2 is 1.78 bits per heavy atom. The highest BCUT2D eigenvalue weighted by Gasteiger charge is 2.08. The zero-order valence-corrected chi connectivity index (χ0v) is 11.1. The molecule has 0 N–H and O–H groups in total. The summed E-state index contributed by atoms with van der Waals surface area (Å²) < 4.78 is 0.